The molecule has 0 aliphatic rings. The Morgan fingerprint density at radius 3 is 2.61 bits per heavy atom. The molecule has 1 atom stereocenters. The topological polar surface area (TPSA) is 80.0 Å². The third-order valence-corrected chi connectivity index (χ3v) is 2.11. The number of amides is 1. The van der Waals surface area contributed by atoms with E-state index in [-0.39, 0.29) is 22.8 Å². The molecular formula is C11H19ClN4O2. The first kappa shape index (κ1) is 14.8. The molecule has 18 heavy (non-hydrogen) atoms. The van der Waals surface area contributed by atoms with Gasteiger partial charge in [-0.3, -0.25) is 4.79 Å². The quantitative estimate of drug-likeness (QED) is 0.804. The molecule has 102 valence electrons. The van der Waals surface area contributed by atoms with Crippen molar-refractivity contribution in [1.82, 2.24) is 15.5 Å². The fourth-order valence-electron chi connectivity index (χ4n) is 1.23. The number of nitrogens with one attached hydrogen (secondary N) is 2. The second kappa shape index (κ2) is 6.04. The molecule has 7 heteroatoms. The third kappa shape index (κ3) is 5.35. The van der Waals surface area contributed by atoms with E-state index in [2.05, 4.69) is 20.8 Å². The Morgan fingerprint density at radius 2 is 2.11 bits per heavy atom. The second-order valence-electron chi connectivity index (χ2n) is 5.04. The lowest BCUT2D eigenvalue weighted by Crippen LogP contribution is -2.41. The monoisotopic (exact) mass is 274 g/mol. The molecule has 1 amide bonds. The lowest BCUT2D eigenvalue weighted by Gasteiger charge is -2.20. The Labute approximate surface area is 111 Å². The summed E-state index contributed by atoms with van der Waals surface area (Å²) in [7, 11) is 0. The van der Waals surface area contributed by atoms with Crippen LogP contribution in [0.5, 0.6) is 0 Å². The van der Waals surface area contributed by atoms with Crippen molar-refractivity contribution in [3.63, 3.8) is 0 Å². The molecule has 0 aromatic carbocycles. The number of aromatic nitrogens is 2. The Bertz CT molecular complexity index is 398. The van der Waals surface area contributed by atoms with Crippen LogP contribution in [0.4, 0.5) is 6.01 Å². The number of halogens is 1. The zero-order valence-corrected chi connectivity index (χ0v) is 11.8. The van der Waals surface area contributed by atoms with E-state index in [9.17, 15) is 4.79 Å². The molecule has 2 N–H and O–H groups in total. The van der Waals surface area contributed by atoms with Crippen LogP contribution in [0, 0.1) is 0 Å². The van der Waals surface area contributed by atoms with Gasteiger partial charge in [0.05, 0.1) is 0 Å². The third-order valence-electron chi connectivity index (χ3n) is 1.92. The standard InChI is InChI=1S/C11H19ClN4O2/c1-7(12)9-15-16-10(18-9)13-6-5-8(17)14-11(2,3)4/h7H,5-6H2,1-4H3,(H,13,16)(H,14,17). The van der Waals surface area contributed by atoms with Gasteiger partial charge in [-0.2, -0.15) is 0 Å². The summed E-state index contributed by atoms with van der Waals surface area (Å²) < 4.78 is 5.23. The highest BCUT2D eigenvalue weighted by Crippen LogP contribution is 2.18. The predicted molar refractivity (Wildman–Crippen MR) is 69.6 cm³/mol. The lowest BCUT2D eigenvalue weighted by molar-refractivity contribution is -0.122. The normalized spacial score (nSPS) is 13.2. The largest absolute Gasteiger partial charge is 0.407 e. The second-order valence-corrected chi connectivity index (χ2v) is 5.69. The van der Waals surface area contributed by atoms with Gasteiger partial charge in [0, 0.05) is 18.5 Å². The van der Waals surface area contributed by atoms with Crippen molar-refractivity contribution in [2.75, 3.05) is 11.9 Å². The highest BCUT2D eigenvalue weighted by Gasteiger charge is 2.14. The van der Waals surface area contributed by atoms with E-state index in [1.54, 1.807) is 6.92 Å². The van der Waals surface area contributed by atoms with Crippen LogP contribution in [0.3, 0.4) is 0 Å². The van der Waals surface area contributed by atoms with E-state index >= 15 is 0 Å². The van der Waals surface area contributed by atoms with Gasteiger partial charge in [0.25, 0.3) is 0 Å². The van der Waals surface area contributed by atoms with Gasteiger partial charge in [0.15, 0.2) is 0 Å². The van der Waals surface area contributed by atoms with Crippen molar-refractivity contribution in [3.05, 3.63) is 5.89 Å². The number of alkyl halides is 1. The van der Waals surface area contributed by atoms with Crippen LogP contribution in [0.2, 0.25) is 0 Å². The molecule has 0 saturated heterocycles. The molecule has 0 fully saturated rings. The minimum Gasteiger partial charge on any atom is -0.407 e. The van der Waals surface area contributed by atoms with Gasteiger partial charge in [0.2, 0.25) is 11.8 Å². The number of anilines is 1. The van der Waals surface area contributed by atoms with Gasteiger partial charge in [-0.15, -0.1) is 16.7 Å². The molecule has 1 heterocycles. The fourth-order valence-corrected chi connectivity index (χ4v) is 1.32. The SMILES string of the molecule is CC(Cl)c1nnc(NCCC(=O)NC(C)(C)C)o1. The van der Waals surface area contributed by atoms with E-state index in [0.717, 1.165) is 0 Å². The minimum atomic E-state index is -0.322. The summed E-state index contributed by atoms with van der Waals surface area (Å²) in [4.78, 5) is 11.5. The molecule has 1 rings (SSSR count). The summed E-state index contributed by atoms with van der Waals surface area (Å²) in [5, 5.41) is 12.9. The molecule has 0 saturated carbocycles. The van der Waals surface area contributed by atoms with Gasteiger partial charge < -0.3 is 15.1 Å². The van der Waals surface area contributed by atoms with Crippen LogP contribution >= 0.6 is 11.6 Å². The Morgan fingerprint density at radius 1 is 1.44 bits per heavy atom. The van der Waals surface area contributed by atoms with Crippen LogP contribution in [-0.4, -0.2) is 28.2 Å². The summed E-state index contributed by atoms with van der Waals surface area (Å²) in [6, 6.07) is 0.279. The Hall–Kier alpha value is -1.30. The molecule has 6 nitrogen and oxygen atoms in total. The molecule has 0 spiro atoms. The zero-order chi connectivity index (χ0) is 13.8. The summed E-state index contributed by atoms with van der Waals surface area (Å²) >= 11 is 5.79. The van der Waals surface area contributed by atoms with Crippen molar-refractivity contribution < 1.29 is 9.21 Å². The van der Waals surface area contributed by atoms with Crippen molar-refractivity contribution in [2.24, 2.45) is 0 Å². The van der Waals surface area contributed by atoms with E-state index in [1.165, 1.54) is 0 Å². The van der Waals surface area contributed by atoms with Crippen molar-refractivity contribution in [2.45, 2.75) is 45.0 Å². The molecule has 0 bridgehead atoms. The molecule has 1 aromatic heterocycles. The van der Waals surface area contributed by atoms with Gasteiger partial charge >= 0.3 is 6.01 Å². The van der Waals surface area contributed by atoms with E-state index < -0.39 is 0 Å². The van der Waals surface area contributed by atoms with Gasteiger partial charge in [-0.05, 0) is 27.7 Å². The van der Waals surface area contributed by atoms with Crippen LogP contribution in [0.15, 0.2) is 4.42 Å². The summed E-state index contributed by atoms with van der Waals surface area (Å²) in [6.07, 6.45) is 0.339. The lowest BCUT2D eigenvalue weighted by atomic mass is 10.1. The molecule has 1 aromatic rings. The van der Waals surface area contributed by atoms with Gasteiger partial charge in [-0.25, -0.2) is 0 Å². The number of hydrogen-bond acceptors (Lipinski definition) is 5. The number of hydrogen-bond donors (Lipinski definition) is 2. The average molecular weight is 275 g/mol. The van der Waals surface area contributed by atoms with E-state index in [1.807, 2.05) is 20.8 Å². The first-order valence-corrected chi connectivity index (χ1v) is 6.24. The van der Waals surface area contributed by atoms with Crippen LogP contribution in [-0.2, 0) is 4.79 Å². The van der Waals surface area contributed by atoms with Crippen molar-refractivity contribution in [1.29, 1.82) is 0 Å². The number of nitrogens with zero attached hydrogens (tertiary/aromatic N) is 2. The molecule has 0 radical (unpaired) electrons. The first-order chi connectivity index (χ1) is 8.28. The summed E-state index contributed by atoms with van der Waals surface area (Å²) in [5.74, 6) is 0.332. The summed E-state index contributed by atoms with van der Waals surface area (Å²) in [6.45, 7) is 7.98. The molecule has 0 aliphatic heterocycles. The Balaban J connectivity index is 2.31. The maximum Gasteiger partial charge on any atom is 0.315 e. The van der Waals surface area contributed by atoms with Gasteiger partial charge in [-0.1, -0.05) is 5.10 Å². The van der Waals surface area contributed by atoms with Crippen LogP contribution in [0.25, 0.3) is 0 Å². The predicted octanol–water partition coefficient (Wildman–Crippen LogP) is 2.09. The Kier molecular flexibility index (Phi) is 4.95. The summed E-state index contributed by atoms with van der Waals surface area (Å²) in [5.41, 5.74) is -0.219. The van der Waals surface area contributed by atoms with E-state index in [4.69, 9.17) is 16.0 Å². The van der Waals surface area contributed by atoms with Crippen molar-refractivity contribution >= 4 is 23.5 Å². The van der Waals surface area contributed by atoms with Crippen LogP contribution < -0.4 is 10.6 Å². The highest BCUT2D eigenvalue weighted by molar-refractivity contribution is 6.20. The molecular weight excluding hydrogens is 256 g/mol. The maximum atomic E-state index is 11.5. The van der Waals surface area contributed by atoms with Gasteiger partial charge in [0.1, 0.15) is 5.38 Å². The minimum absolute atomic E-state index is 0.0274. The first-order valence-electron chi connectivity index (χ1n) is 5.80. The van der Waals surface area contributed by atoms with E-state index in [0.29, 0.717) is 18.9 Å². The zero-order valence-electron chi connectivity index (χ0n) is 11.1. The number of rotatable bonds is 5. The maximum absolute atomic E-state index is 11.5. The van der Waals surface area contributed by atoms with Crippen LogP contribution in [0.1, 0.15) is 45.4 Å². The highest BCUT2D eigenvalue weighted by atomic mass is 35.5. The molecule has 0 aliphatic carbocycles. The number of carbonyl (C=O) groups excluding carboxylic acids is 1. The fraction of sp³-hybridized carbons (Fsp3) is 0.727. The smallest absolute Gasteiger partial charge is 0.315 e. The molecule has 1 unspecified atom stereocenters. The van der Waals surface area contributed by atoms with Crippen molar-refractivity contribution in [3.8, 4) is 0 Å². The number of carbonyl (C=O) groups is 1. The average Bonchev–Trinajstić information content (AvgIpc) is 2.63.